The van der Waals surface area contributed by atoms with Crippen LogP contribution in [-0.2, 0) is 0 Å². The summed E-state index contributed by atoms with van der Waals surface area (Å²) >= 11 is 9.17. The lowest BCUT2D eigenvalue weighted by Crippen LogP contribution is -1.97. The summed E-state index contributed by atoms with van der Waals surface area (Å²) < 4.78 is 6.13. The number of non-ortho nitro benzene ring substituents is 1. The molecule has 108 valence electrons. The predicted octanol–water partition coefficient (Wildman–Crippen LogP) is 4.47. The highest BCUT2D eigenvalue weighted by atomic mass is 79.9. The Balaban J connectivity index is 1.91. The Morgan fingerprint density at radius 1 is 1.29 bits per heavy atom. The van der Waals surface area contributed by atoms with Crippen LogP contribution in [0.1, 0.15) is 24.6 Å². The fourth-order valence-corrected chi connectivity index (χ4v) is 2.46. The zero-order chi connectivity index (χ0) is 15.0. The third-order valence-corrected chi connectivity index (χ3v) is 3.57. The number of benzene rings is 1. The van der Waals surface area contributed by atoms with Crippen LogP contribution < -0.4 is 4.74 Å². The Bertz CT molecular complexity index is 722. The van der Waals surface area contributed by atoms with Gasteiger partial charge in [0.15, 0.2) is 0 Å². The first-order chi connectivity index (χ1) is 10.0. The molecule has 8 heteroatoms. The standard InChI is InChI=1S/C13H9BrClN3O3/c14-8-3-9(18(19)20)5-10(4-8)21-12-6-11(15)16-13(17-12)7-1-2-7/h3-7H,1-2H2. The molecular weight excluding hydrogens is 362 g/mol. The van der Waals surface area contributed by atoms with E-state index < -0.39 is 4.92 Å². The van der Waals surface area contributed by atoms with Crippen LogP contribution in [0.15, 0.2) is 28.7 Å². The molecular formula is C13H9BrClN3O3. The van der Waals surface area contributed by atoms with Gasteiger partial charge in [0.2, 0.25) is 5.88 Å². The SMILES string of the molecule is O=[N+]([O-])c1cc(Br)cc(Oc2cc(Cl)nc(C3CC3)n2)c1. The predicted molar refractivity (Wildman–Crippen MR) is 79.9 cm³/mol. The first-order valence-corrected chi connectivity index (χ1v) is 7.35. The maximum Gasteiger partial charge on any atom is 0.274 e. The van der Waals surface area contributed by atoms with E-state index in [1.807, 2.05) is 0 Å². The molecule has 0 saturated heterocycles. The number of hydrogen-bond donors (Lipinski definition) is 0. The average molecular weight is 371 g/mol. The molecule has 0 atom stereocenters. The molecule has 1 aliphatic carbocycles. The van der Waals surface area contributed by atoms with Crippen LogP contribution in [0, 0.1) is 10.1 Å². The highest BCUT2D eigenvalue weighted by Gasteiger charge is 2.27. The molecule has 1 fully saturated rings. The molecule has 1 aliphatic rings. The van der Waals surface area contributed by atoms with Crippen molar-refractivity contribution in [3.63, 3.8) is 0 Å². The van der Waals surface area contributed by atoms with E-state index in [9.17, 15) is 10.1 Å². The summed E-state index contributed by atoms with van der Waals surface area (Å²) in [5.41, 5.74) is -0.0676. The van der Waals surface area contributed by atoms with Gasteiger partial charge in [-0.3, -0.25) is 10.1 Å². The fourth-order valence-electron chi connectivity index (χ4n) is 1.82. The van der Waals surface area contributed by atoms with Crippen LogP contribution in [0.25, 0.3) is 0 Å². The van der Waals surface area contributed by atoms with E-state index in [-0.39, 0.29) is 11.6 Å². The molecule has 21 heavy (non-hydrogen) atoms. The Morgan fingerprint density at radius 2 is 2.05 bits per heavy atom. The number of ether oxygens (including phenoxy) is 1. The van der Waals surface area contributed by atoms with E-state index in [0.29, 0.717) is 27.1 Å². The quantitative estimate of drug-likeness (QED) is 0.451. The summed E-state index contributed by atoms with van der Waals surface area (Å²) in [4.78, 5) is 18.8. The molecule has 6 nitrogen and oxygen atoms in total. The Morgan fingerprint density at radius 3 is 2.71 bits per heavy atom. The molecule has 1 aromatic heterocycles. The maximum absolute atomic E-state index is 10.8. The van der Waals surface area contributed by atoms with Crippen LogP contribution in [0.3, 0.4) is 0 Å². The van der Waals surface area contributed by atoms with E-state index in [1.165, 1.54) is 18.2 Å². The van der Waals surface area contributed by atoms with E-state index in [0.717, 1.165) is 12.8 Å². The van der Waals surface area contributed by atoms with Gasteiger partial charge in [-0.2, -0.15) is 4.98 Å². The number of hydrogen-bond acceptors (Lipinski definition) is 5. The van der Waals surface area contributed by atoms with Crippen molar-refractivity contribution in [2.45, 2.75) is 18.8 Å². The van der Waals surface area contributed by atoms with Gasteiger partial charge in [-0.05, 0) is 18.9 Å². The Hall–Kier alpha value is -1.73. The highest BCUT2D eigenvalue weighted by molar-refractivity contribution is 9.10. The van der Waals surface area contributed by atoms with Crippen molar-refractivity contribution in [1.29, 1.82) is 0 Å². The van der Waals surface area contributed by atoms with Crippen molar-refractivity contribution in [3.8, 4) is 11.6 Å². The smallest absolute Gasteiger partial charge is 0.274 e. The second kappa shape index (κ2) is 5.57. The number of aromatic nitrogens is 2. The summed E-state index contributed by atoms with van der Waals surface area (Å²) in [5.74, 6) is 1.58. The minimum atomic E-state index is -0.486. The van der Waals surface area contributed by atoms with E-state index >= 15 is 0 Å². The Labute approximate surface area is 133 Å². The van der Waals surface area contributed by atoms with Gasteiger partial charge >= 0.3 is 0 Å². The van der Waals surface area contributed by atoms with Crippen molar-refractivity contribution >= 4 is 33.2 Å². The minimum absolute atomic E-state index is 0.0676. The highest BCUT2D eigenvalue weighted by Crippen LogP contribution is 2.39. The third-order valence-electron chi connectivity index (χ3n) is 2.92. The molecule has 2 aromatic rings. The van der Waals surface area contributed by atoms with Gasteiger partial charge in [-0.1, -0.05) is 27.5 Å². The summed E-state index contributed by atoms with van der Waals surface area (Å²) in [6, 6.07) is 5.84. The van der Waals surface area contributed by atoms with Crippen molar-refractivity contribution in [2.24, 2.45) is 0 Å². The molecule has 0 spiro atoms. The van der Waals surface area contributed by atoms with Gasteiger partial charge in [0, 0.05) is 22.5 Å². The zero-order valence-corrected chi connectivity index (χ0v) is 13.0. The van der Waals surface area contributed by atoms with Crippen molar-refractivity contribution in [3.05, 3.63) is 49.8 Å². The third kappa shape index (κ3) is 3.48. The average Bonchev–Trinajstić information content (AvgIpc) is 3.21. The van der Waals surface area contributed by atoms with Gasteiger partial charge in [0.1, 0.15) is 16.7 Å². The molecule has 1 heterocycles. The van der Waals surface area contributed by atoms with Crippen LogP contribution in [-0.4, -0.2) is 14.9 Å². The largest absolute Gasteiger partial charge is 0.439 e. The number of rotatable bonds is 4. The number of nitro benzene ring substituents is 1. The van der Waals surface area contributed by atoms with Crippen molar-refractivity contribution in [1.82, 2.24) is 9.97 Å². The fraction of sp³-hybridized carbons (Fsp3) is 0.231. The van der Waals surface area contributed by atoms with Crippen molar-refractivity contribution in [2.75, 3.05) is 0 Å². The number of nitrogens with zero attached hydrogens (tertiary/aromatic N) is 3. The lowest BCUT2D eigenvalue weighted by atomic mass is 10.3. The van der Waals surface area contributed by atoms with Crippen LogP contribution in [0.4, 0.5) is 5.69 Å². The number of nitro groups is 1. The monoisotopic (exact) mass is 369 g/mol. The molecule has 3 rings (SSSR count). The Kier molecular flexibility index (Phi) is 3.77. The summed E-state index contributed by atoms with van der Waals surface area (Å²) in [6.45, 7) is 0. The van der Waals surface area contributed by atoms with Gasteiger partial charge in [-0.25, -0.2) is 4.98 Å². The maximum atomic E-state index is 10.8. The normalized spacial score (nSPS) is 14.0. The summed E-state index contributed by atoms with van der Waals surface area (Å²) in [7, 11) is 0. The summed E-state index contributed by atoms with van der Waals surface area (Å²) in [6.07, 6.45) is 2.09. The van der Waals surface area contributed by atoms with Crippen LogP contribution in [0.5, 0.6) is 11.6 Å². The second-order valence-corrected chi connectivity index (χ2v) is 5.97. The topological polar surface area (TPSA) is 78.2 Å². The van der Waals surface area contributed by atoms with E-state index in [1.54, 1.807) is 6.07 Å². The van der Waals surface area contributed by atoms with Gasteiger partial charge in [0.25, 0.3) is 5.69 Å². The summed E-state index contributed by atoms with van der Waals surface area (Å²) in [5, 5.41) is 11.1. The lowest BCUT2D eigenvalue weighted by molar-refractivity contribution is -0.385. The van der Waals surface area contributed by atoms with Crippen LogP contribution >= 0.6 is 27.5 Å². The first kappa shape index (κ1) is 14.2. The van der Waals surface area contributed by atoms with Gasteiger partial charge in [0.05, 0.1) is 11.0 Å². The molecule has 0 amide bonds. The zero-order valence-electron chi connectivity index (χ0n) is 10.6. The van der Waals surface area contributed by atoms with Gasteiger partial charge < -0.3 is 4.74 Å². The van der Waals surface area contributed by atoms with E-state index in [2.05, 4.69) is 25.9 Å². The number of halogens is 2. The first-order valence-electron chi connectivity index (χ1n) is 6.18. The minimum Gasteiger partial charge on any atom is -0.439 e. The molecule has 0 N–H and O–H groups in total. The molecule has 1 aromatic carbocycles. The van der Waals surface area contributed by atoms with E-state index in [4.69, 9.17) is 16.3 Å². The van der Waals surface area contributed by atoms with Crippen LogP contribution in [0.2, 0.25) is 5.15 Å². The molecule has 0 bridgehead atoms. The molecule has 1 saturated carbocycles. The molecule has 0 radical (unpaired) electrons. The molecule has 0 aliphatic heterocycles. The second-order valence-electron chi connectivity index (χ2n) is 4.67. The van der Waals surface area contributed by atoms with Gasteiger partial charge in [-0.15, -0.1) is 0 Å². The van der Waals surface area contributed by atoms with Crippen molar-refractivity contribution < 1.29 is 9.66 Å². The molecule has 0 unspecified atom stereocenters. The lowest BCUT2D eigenvalue weighted by Gasteiger charge is -2.07.